The largest absolute Gasteiger partial charge is 0.442 e. The molecule has 13 nitrogen and oxygen atoms in total. The van der Waals surface area contributed by atoms with Crippen LogP contribution in [-0.4, -0.2) is 117 Å². The highest BCUT2D eigenvalue weighted by Gasteiger charge is 2.38. The first-order valence-corrected chi connectivity index (χ1v) is 16.7. The van der Waals surface area contributed by atoms with Gasteiger partial charge >= 0.3 is 6.09 Å². The molecule has 0 aromatic heterocycles. The number of aldehydes is 1. The molecule has 17 heteroatoms. The first-order chi connectivity index (χ1) is 19.5. The van der Waals surface area contributed by atoms with Gasteiger partial charge in [0.05, 0.1) is 29.8 Å². The van der Waals surface area contributed by atoms with Crippen molar-refractivity contribution in [3.05, 3.63) is 24.0 Å². The van der Waals surface area contributed by atoms with Gasteiger partial charge in [-0.2, -0.15) is 0 Å². The van der Waals surface area contributed by atoms with Crippen LogP contribution in [0, 0.1) is 5.82 Å². The van der Waals surface area contributed by atoms with Crippen LogP contribution in [0.25, 0.3) is 0 Å². The van der Waals surface area contributed by atoms with Crippen LogP contribution in [0.5, 0.6) is 0 Å². The lowest BCUT2D eigenvalue weighted by atomic mass is 10.2. The molecule has 3 fully saturated rings. The summed E-state index contributed by atoms with van der Waals surface area (Å²) >= 11 is 1.69. The number of rotatable bonds is 9. The summed E-state index contributed by atoms with van der Waals surface area (Å²) in [6, 6.07) is 4.37. The molecule has 3 aliphatic heterocycles. The fourth-order valence-corrected chi connectivity index (χ4v) is 8.33. The van der Waals surface area contributed by atoms with Crippen molar-refractivity contribution >= 4 is 67.5 Å². The van der Waals surface area contributed by atoms with Crippen LogP contribution in [0.1, 0.15) is 6.92 Å². The van der Waals surface area contributed by atoms with Crippen LogP contribution in [0.3, 0.4) is 0 Å². The minimum Gasteiger partial charge on any atom is -0.442 e. The number of piperazine rings is 2. The summed E-state index contributed by atoms with van der Waals surface area (Å²) in [6.07, 6.45) is 0.475. The molecule has 0 aliphatic carbocycles. The Kier molecular flexibility index (Phi) is 10.5. The quantitative estimate of drug-likeness (QED) is 0.322. The first-order valence-electron chi connectivity index (χ1n) is 13.0. The molecule has 4 unspecified atom stereocenters. The Balaban J connectivity index is 1.43. The number of carbonyl (C=O) groups is 4. The number of hydrogen-bond acceptors (Lipinski definition) is 13. The number of anilines is 2. The average Bonchev–Trinajstić information content (AvgIpc) is 3.31. The van der Waals surface area contributed by atoms with E-state index >= 15 is 4.39 Å². The van der Waals surface area contributed by atoms with Crippen molar-refractivity contribution in [2.75, 3.05) is 68.4 Å². The van der Waals surface area contributed by atoms with Gasteiger partial charge in [0.2, 0.25) is 10.4 Å². The Morgan fingerprint density at radius 1 is 1.24 bits per heavy atom. The molecule has 3 N–H and O–H groups in total. The van der Waals surface area contributed by atoms with E-state index in [1.807, 2.05) is 0 Å². The molecule has 4 atom stereocenters. The molecular weight excluding hydrogens is 599 g/mol. The maximum absolute atomic E-state index is 15.4. The zero-order valence-corrected chi connectivity index (χ0v) is 25.0. The molecule has 3 saturated heterocycles. The number of ether oxygens (including phenoxy) is 1. The molecule has 1 aromatic rings. The number of nitrogens with zero attached hydrogens (tertiary/aromatic N) is 3. The number of thioether (sulfide) groups is 2. The number of hydrogen-bond donors (Lipinski definition) is 3. The van der Waals surface area contributed by atoms with Crippen molar-refractivity contribution in [3.8, 4) is 0 Å². The van der Waals surface area contributed by atoms with E-state index in [0.29, 0.717) is 44.7 Å². The third-order valence-electron chi connectivity index (χ3n) is 6.82. The fourth-order valence-electron chi connectivity index (χ4n) is 4.85. The summed E-state index contributed by atoms with van der Waals surface area (Å²) < 4.78 is 44.8. The Morgan fingerprint density at radius 2 is 1.98 bits per heavy atom. The van der Waals surface area contributed by atoms with Gasteiger partial charge in [0.15, 0.2) is 9.84 Å². The van der Waals surface area contributed by atoms with E-state index in [4.69, 9.17) is 4.74 Å². The predicted octanol–water partition coefficient (Wildman–Crippen LogP) is 0.410. The summed E-state index contributed by atoms with van der Waals surface area (Å²) in [5, 5.41) is 6.39. The van der Waals surface area contributed by atoms with Crippen LogP contribution < -0.4 is 25.8 Å². The topological polar surface area (TPSA) is 157 Å². The van der Waals surface area contributed by atoms with Crippen molar-refractivity contribution in [2.24, 2.45) is 0 Å². The Bertz CT molecular complexity index is 1270. The minimum atomic E-state index is -3.50. The van der Waals surface area contributed by atoms with Crippen molar-refractivity contribution < 1.29 is 36.7 Å². The Labute approximate surface area is 246 Å². The number of nitrogens with one attached hydrogen (secondary N) is 3. The highest BCUT2D eigenvalue weighted by atomic mass is 32.2. The molecule has 1 aromatic carbocycles. The van der Waals surface area contributed by atoms with Crippen molar-refractivity contribution in [1.82, 2.24) is 20.9 Å². The maximum atomic E-state index is 15.4. The van der Waals surface area contributed by atoms with Gasteiger partial charge in [0, 0.05) is 52.4 Å². The van der Waals surface area contributed by atoms with Crippen molar-refractivity contribution in [2.45, 2.75) is 29.1 Å². The van der Waals surface area contributed by atoms with Gasteiger partial charge in [0.25, 0.3) is 0 Å². The summed E-state index contributed by atoms with van der Waals surface area (Å²) in [4.78, 5) is 53.1. The lowest BCUT2D eigenvalue weighted by Crippen LogP contribution is -2.57. The molecule has 2 amide bonds. The summed E-state index contributed by atoms with van der Waals surface area (Å²) in [5.41, 5.74) is 0.553. The Hall–Kier alpha value is -2.44. The normalized spacial score (nSPS) is 24.6. The zero-order valence-electron chi connectivity index (χ0n) is 22.6. The standard InChI is InChI=1S/C24H33FN6O7S3/c1-15(33)28-10-17-13-31(23(34)38-17)16-3-4-19(18(25)9-16)29-7-5-26-11-20(29)39-24(35)40-21(14-32)30-8-6-27-12-22(30)41(2,36)37/h3-4,9,14,17,20-22,26-27H,5-8,10-13H2,1-2H3,(H,28,33). The van der Waals surface area contributed by atoms with Gasteiger partial charge in [-0.05, 0) is 41.7 Å². The second kappa shape index (κ2) is 13.7. The van der Waals surface area contributed by atoms with Crippen LogP contribution in [0.15, 0.2) is 18.2 Å². The fraction of sp³-hybridized carbons (Fsp3) is 0.583. The smallest absolute Gasteiger partial charge is 0.414 e. The second-order valence-electron chi connectivity index (χ2n) is 9.78. The lowest BCUT2D eigenvalue weighted by Gasteiger charge is -2.38. The predicted molar refractivity (Wildman–Crippen MR) is 155 cm³/mol. The monoisotopic (exact) mass is 632 g/mol. The number of sulfone groups is 1. The van der Waals surface area contributed by atoms with Gasteiger partial charge in [-0.1, -0.05) is 0 Å². The SMILES string of the molecule is CC(=O)NCC1CN(c2ccc(N3CCNCC3SC(=O)SC(C=O)N3CCNCC3S(C)(=O)=O)c(F)c2)C(=O)O1. The van der Waals surface area contributed by atoms with E-state index < -0.39 is 48.4 Å². The summed E-state index contributed by atoms with van der Waals surface area (Å²) in [7, 11) is -3.50. The number of benzene rings is 1. The van der Waals surface area contributed by atoms with E-state index in [9.17, 15) is 27.6 Å². The molecule has 226 valence electrons. The van der Waals surface area contributed by atoms with Crippen LogP contribution in [-0.2, 0) is 24.2 Å². The van der Waals surface area contributed by atoms with Crippen LogP contribution in [0.2, 0.25) is 0 Å². The van der Waals surface area contributed by atoms with E-state index in [0.717, 1.165) is 29.8 Å². The Morgan fingerprint density at radius 3 is 2.66 bits per heavy atom. The molecular formula is C24H33FN6O7S3. The number of carbonyl (C=O) groups excluding carboxylic acids is 4. The van der Waals surface area contributed by atoms with Gasteiger partial charge in [-0.15, -0.1) is 0 Å². The molecule has 0 bridgehead atoms. The van der Waals surface area contributed by atoms with Crippen LogP contribution in [0.4, 0.5) is 25.4 Å². The van der Waals surface area contributed by atoms with Gasteiger partial charge in [-0.25, -0.2) is 17.6 Å². The molecule has 41 heavy (non-hydrogen) atoms. The maximum Gasteiger partial charge on any atom is 0.414 e. The highest BCUT2D eigenvalue weighted by molar-refractivity contribution is 8.39. The van der Waals surface area contributed by atoms with E-state index in [1.165, 1.54) is 22.8 Å². The molecule has 3 aliphatic rings. The average molecular weight is 633 g/mol. The van der Waals surface area contributed by atoms with Gasteiger partial charge in [0.1, 0.15) is 29.0 Å². The van der Waals surface area contributed by atoms with Gasteiger partial charge < -0.3 is 30.4 Å². The van der Waals surface area contributed by atoms with E-state index in [2.05, 4.69) is 16.0 Å². The molecule has 4 rings (SSSR count). The summed E-state index contributed by atoms with van der Waals surface area (Å²) in [6.45, 7) is 3.92. The third kappa shape index (κ3) is 7.90. The number of cyclic esters (lactones) is 1. The number of halogens is 1. The number of amides is 2. The zero-order chi connectivity index (χ0) is 29.7. The second-order valence-corrected chi connectivity index (χ2v) is 14.5. The lowest BCUT2D eigenvalue weighted by molar-refractivity contribution is -0.119. The molecule has 0 radical (unpaired) electrons. The van der Waals surface area contributed by atoms with Crippen molar-refractivity contribution in [1.29, 1.82) is 0 Å². The summed E-state index contributed by atoms with van der Waals surface area (Å²) in [5.74, 6) is -0.838. The van der Waals surface area contributed by atoms with E-state index in [1.54, 1.807) is 17.0 Å². The molecule has 0 spiro atoms. The third-order valence-corrected chi connectivity index (χ3v) is 10.5. The first kappa shape index (κ1) is 31.5. The molecule has 3 heterocycles. The van der Waals surface area contributed by atoms with Gasteiger partial charge in [-0.3, -0.25) is 19.4 Å². The molecule has 0 saturated carbocycles. The minimum absolute atomic E-state index is 0.151. The van der Waals surface area contributed by atoms with Crippen molar-refractivity contribution in [3.63, 3.8) is 0 Å². The van der Waals surface area contributed by atoms with Crippen LogP contribution >= 0.6 is 23.5 Å². The van der Waals surface area contributed by atoms with E-state index in [-0.39, 0.29) is 31.2 Å². The highest BCUT2D eigenvalue weighted by Crippen LogP contribution is 2.35.